The molecule has 4 rings (SSSR count). The van der Waals surface area contributed by atoms with E-state index in [0.717, 1.165) is 28.2 Å². The minimum Gasteiger partial charge on any atom is -0.290 e. The average molecular weight is 342 g/mol. The Balaban J connectivity index is 1.76. The zero-order valence-corrected chi connectivity index (χ0v) is 14.8. The van der Waals surface area contributed by atoms with Crippen molar-refractivity contribution in [3.63, 3.8) is 0 Å². The largest absolute Gasteiger partial charge is 0.290 e. The van der Waals surface area contributed by atoms with E-state index in [9.17, 15) is 4.79 Å². The van der Waals surface area contributed by atoms with Gasteiger partial charge < -0.3 is 0 Å². The Labute approximate surface area is 143 Å². The van der Waals surface area contributed by atoms with Crippen LogP contribution in [0.1, 0.15) is 34.6 Å². The van der Waals surface area contributed by atoms with E-state index in [4.69, 9.17) is 4.98 Å². The molecule has 0 aliphatic heterocycles. The van der Waals surface area contributed by atoms with Gasteiger partial charge in [0.15, 0.2) is 5.16 Å². The summed E-state index contributed by atoms with van der Waals surface area (Å²) in [6.45, 7) is 2.16. The summed E-state index contributed by atoms with van der Waals surface area (Å²) in [5.74, 6) is 0. The summed E-state index contributed by atoms with van der Waals surface area (Å²) < 4.78 is 1.72. The summed E-state index contributed by atoms with van der Waals surface area (Å²) in [4.78, 5) is 19.9. The lowest BCUT2D eigenvalue weighted by atomic mass is 10.2. The highest BCUT2D eigenvalue weighted by atomic mass is 32.2. The first kappa shape index (κ1) is 15.0. The number of nitrogens with zero attached hydrogens (tertiary/aromatic N) is 2. The number of benzene rings is 1. The smallest absolute Gasteiger partial charge is 0.262 e. The highest BCUT2D eigenvalue weighted by molar-refractivity contribution is 7.99. The van der Waals surface area contributed by atoms with Crippen molar-refractivity contribution in [1.29, 1.82) is 0 Å². The Kier molecular flexibility index (Phi) is 3.77. The second-order valence-corrected chi connectivity index (χ2v) is 8.36. The molecule has 3 aromatic rings. The van der Waals surface area contributed by atoms with Crippen molar-refractivity contribution in [2.45, 2.75) is 36.6 Å². The maximum atomic E-state index is 12.8. The van der Waals surface area contributed by atoms with Crippen LogP contribution in [0.3, 0.4) is 0 Å². The monoisotopic (exact) mass is 342 g/mol. The maximum absolute atomic E-state index is 12.8. The molecule has 1 aromatic carbocycles. The molecule has 118 valence electrons. The Morgan fingerprint density at radius 2 is 2.04 bits per heavy atom. The number of hydrogen-bond donors (Lipinski definition) is 0. The summed E-state index contributed by atoms with van der Waals surface area (Å²) in [5.41, 5.74) is 2.61. The Hall–Kier alpha value is -1.59. The number of rotatable bonds is 3. The highest BCUT2D eigenvalue weighted by Gasteiger charge is 2.23. The van der Waals surface area contributed by atoms with Gasteiger partial charge in [-0.2, -0.15) is 0 Å². The fourth-order valence-corrected chi connectivity index (χ4v) is 5.47. The summed E-state index contributed by atoms with van der Waals surface area (Å²) >= 11 is 3.36. The number of aryl methyl sites for hydroxylation is 2. The molecule has 0 N–H and O–H groups in total. The minimum atomic E-state index is 0.108. The van der Waals surface area contributed by atoms with E-state index in [1.165, 1.54) is 22.4 Å². The molecule has 2 heterocycles. The Morgan fingerprint density at radius 3 is 2.83 bits per heavy atom. The third kappa shape index (κ3) is 2.52. The van der Waals surface area contributed by atoms with Crippen LogP contribution in [0.15, 0.2) is 40.3 Å². The van der Waals surface area contributed by atoms with E-state index in [-0.39, 0.29) is 10.8 Å². The molecule has 0 saturated heterocycles. The molecule has 0 bridgehead atoms. The van der Waals surface area contributed by atoms with E-state index >= 15 is 0 Å². The average Bonchev–Trinajstić information content (AvgIpc) is 3.13. The lowest BCUT2D eigenvalue weighted by Gasteiger charge is -2.13. The molecule has 0 amide bonds. The van der Waals surface area contributed by atoms with Crippen LogP contribution in [-0.4, -0.2) is 9.55 Å². The van der Waals surface area contributed by atoms with Gasteiger partial charge in [0.05, 0.1) is 5.39 Å². The maximum Gasteiger partial charge on any atom is 0.262 e. The van der Waals surface area contributed by atoms with E-state index in [2.05, 4.69) is 19.1 Å². The number of aromatic nitrogens is 2. The molecule has 1 aliphatic rings. The van der Waals surface area contributed by atoms with Crippen LogP contribution in [0.4, 0.5) is 0 Å². The van der Waals surface area contributed by atoms with Gasteiger partial charge in [-0.05, 0) is 37.3 Å². The topological polar surface area (TPSA) is 34.9 Å². The van der Waals surface area contributed by atoms with Crippen molar-refractivity contribution in [2.75, 3.05) is 0 Å². The van der Waals surface area contributed by atoms with Crippen molar-refractivity contribution >= 4 is 33.3 Å². The standard InChI is InChI=1S/C18H18N2OS2/c1-11(12-7-4-3-5-8-12)22-18-19-16-15(17(21)20(18)2)13-9-6-10-14(13)23-16/h3-5,7-8,11H,6,9-10H2,1-2H3/t11-/m0/s1. The van der Waals surface area contributed by atoms with Gasteiger partial charge >= 0.3 is 0 Å². The molecule has 0 spiro atoms. The first-order chi connectivity index (χ1) is 11.1. The van der Waals surface area contributed by atoms with Gasteiger partial charge in [0.2, 0.25) is 0 Å². The van der Waals surface area contributed by atoms with E-state index in [0.29, 0.717) is 0 Å². The molecular weight excluding hydrogens is 324 g/mol. The van der Waals surface area contributed by atoms with Gasteiger partial charge in [0.25, 0.3) is 5.56 Å². The molecule has 0 saturated carbocycles. The minimum absolute atomic E-state index is 0.108. The molecule has 5 heteroatoms. The summed E-state index contributed by atoms with van der Waals surface area (Å²) in [5, 5.41) is 1.93. The SMILES string of the molecule is C[C@H](Sc1nc2sc3c(c2c(=O)n1C)CCC3)c1ccccc1. The van der Waals surface area contributed by atoms with E-state index in [1.54, 1.807) is 27.7 Å². The van der Waals surface area contributed by atoms with Crippen LogP contribution in [0.5, 0.6) is 0 Å². The van der Waals surface area contributed by atoms with Crippen LogP contribution in [-0.2, 0) is 19.9 Å². The van der Waals surface area contributed by atoms with Crippen LogP contribution >= 0.6 is 23.1 Å². The zero-order valence-electron chi connectivity index (χ0n) is 13.2. The van der Waals surface area contributed by atoms with Crippen molar-refractivity contribution < 1.29 is 0 Å². The number of thiophene rings is 1. The van der Waals surface area contributed by atoms with Crippen LogP contribution in [0.25, 0.3) is 10.2 Å². The fourth-order valence-electron chi connectivity index (χ4n) is 3.16. The second kappa shape index (κ2) is 5.80. The van der Waals surface area contributed by atoms with Crippen molar-refractivity contribution in [3.05, 3.63) is 56.7 Å². The normalized spacial score (nSPS) is 15.0. The number of fused-ring (bicyclic) bond motifs is 3. The van der Waals surface area contributed by atoms with Gasteiger partial charge in [-0.15, -0.1) is 11.3 Å². The molecule has 2 aromatic heterocycles. The third-order valence-corrected chi connectivity index (χ3v) is 6.84. The fraction of sp³-hybridized carbons (Fsp3) is 0.333. The van der Waals surface area contributed by atoms with Gasteiger partial charge in [-0.25, -0.2) is 4.98 Å². The van der Waals surface area contributed by atoms with Crippen molar-refractivity contribution in [2.24, 2.45) is 7.05 Å². The molecule has 1 atom stereocenters. The second-order valence-electron chi connectivity index (χ2n) is 5.97. The van der Waals surface area contributed by atoms with Gasteiger partial charge in [0, 0.05) is 17.2 Å². The van der Waals surface area contributed by atoms with Crippen molar-refractivity contribution in [3.8, 4) is 0 Å². The molecule has 23 heavy (non-hydrogen) atoms. The van der Waals surface area contributed by atoms with Crippen LogP contribution in [0, 0.1) is 0 Å². The Bertz CT molecular complexity index is 928. The summed E-state index contributed by atoms with van der Waals surface area (Å²) in [6, 6.07) is 10.4. The van der Waals surface area contributed by atoms with E-state index in [1.807, 2.05) is 25.2 Å². The highest BCUT2D eigenvalue weighted by Crippen LogP contribution is 2.37. The van der Waals surface area contributed by atoms with Gasteiger partial charge in [0.1, 0.15) is 4.83 Å². The van der Waals surface area contributed by atoms with E-state index < -0.39 is 0 Å². The number of thioether (sulfide) groups is 1. The lowest BCUT2D eigenvalue weighted by Crippen LogP contribution is -2.20. The molecule has 0 fully saturated rings. The van der Waals surface area contributed by atoms with Crippen molar-refractivity contribution in [1.82, 2.24) is 9.55 Å². The first-order valence-corrected chi connectivity index (χ1v) is 9.57. The van der Waals surface area contributed by atoms with Crippen LogP contribution < -0.4 is 5.56 Å². The Morgan fingerprint density at radius 1 is 1.26 bits per heavy atom. The quantitative estimate of drug-likeness (QED) is 0.525. The van der Waals surface area contributed by atoms with Crippen LogP contribution in [0.2, 0.25) is 0 Å². The molecule has 0 unspecified atom stereocenters. The molecule has 0 radical (unpaired) electrons. The van der Waals surface area contributed by atoms with Gasteiger partial charge in [-0.3, -0.25) is 9.36 Å². The third-order valence-electron chi connectivity index (χ3n) is 4.46. The molecule has 1 aliphatic carbocycles. The lowest BCUT2D eigenvalue weighted by molar-refractivity contribution is 0.724. The first-order valence-electron chi connectivity index (χ1n) is 7.88. The molecular formula is C18H18N2OS2. The summed E-state index contributed by atoms with van der Waals surface area (Å²) in [7, 11) is 1.84. The van der Waals surface area contributed by atoms with Gasteiger partial charge in [-0.1, -0.05) is 42.1 Å². The zero-order chi connectivity index (χ0) is 16.0. The summed E-state index contributed by atoms with van der Waals surface area (Å²) in [6.07, 6.45) is 3.30. The number of hydrogen-bond acceptors (Lipinski definition) is 4. The predicted octanol–water partition coefficient (Wildman–Crippen LogP) is 4.34. The molecule has 3 nitrogen and oxygen atoms in total. The predicted molar refractivity (Wildman–Crippen MR) is 97.6 cm³/mol.